The number of likely N-dealkylation sites (tertiary alicyclic amines) is 1. The summed E-state index contributed by atoms with van der Waals surface area (Å²) in [6.45, 7) is 5.22. The summed E-state index contributed by atoms with van der Waals surface area (Å²) in [5.74, 6) is 1.78. The quantitative estimate of drug-likeness (QED) is 0.837. The van der Waals surface area contributed by atoms with Crippen LogP contribution in [0.4, 0.5) is 0 Å². The Bertz CT molecular complexity index is 371. The molecular formula is C14H26N4O. The Morgan fingerprint density at radius 3 is 2.89 bits per heavy atom. The molecule has 1 fully saturated rings. The first-order chi connectivity index (χ1) is 9.17. The van der Waals surface area contributed by atoms with Crippen LogP contribution >= 0.6 is 0 Å². The van der Waals surface area contributed by atoms with E-state index >= 15 is 0 Å². The molecule has 2 heterocycles. The maximum absolute atomic E-state index is 5.35. The van der Waals surface area contributed by atoms with Gasteiger partial charge < -0.3 is 14.7 Å². The molecule has 0 aliphatic carbocycles. The van der Waals surface area contributed by atoms with Crippen LogP contribution in [0.2, 0.25) is 0 Å². The van der Waals surface area contributed by atoms with Crippen LogP contribution < -0.4 is 5.32 Å². The minimum Gasteiger partial charge on any atom is -0.360 e. The Hall–Kier alpha value is -0.910. The number of rotatable bonds is 6. The second kappa shape index (κ2) is 7.03. The SMILES string of the molecule is CNCc1cc(CN(C)CC2CCN(C)CC2)on1. The van der Waals surface area contributed by atoms with Gasteiger partial charge in [0.2, 0.25) is 0 Å². The number of nitrogens with zero attached hydrogens (tertiary/aromatic N) is 3. The van der Waals surface area contributed by atoms with E-state index in [-0.39, 0.29) is 0 Å². The second-order valence-corrected chi connectivity index (χ2v) is 5.76. The molecule has 0 bridgehead atoms. The predicted molar refractivity (Wildman–Crippen MR) is 75.8 cm³/mol. The van der Waals surface area contributed by atoms with E-state index in [9.17, 15) is 0 Å². The van der Waals surface area contributed by atoms with Gasteiger partial charge in [-0.3, -0.25) is 4.90 Å². The van der Waals surface area contributed by atoms with Gasteiger partial charge in [0, 0.05) is 19.2 Å². The molecule has 108 valence electrons. The molecule has 1 aromatic rings. The lowest BCUT2D eigenvalue weighted by Gasteiger charge is -2.31. The molecule has 1 saturated heterocycles. The van der Waals surface area contributed by atoms with E-state index in [2.05, 4.69) is 34.4 Å². The summed E-state index contributed by atoms with van der Waals surface area (Å²) in [5, 5.41) is 7.12. The maximum atomic E-state index is 5.35. The monoisotopic (exact) mass is 266 g/mol. The van der Waals surface area contributed by atoms with Crippen molar-refractivity contribution in [3.8, 4) is 0 Å². The summed E-state index contributed by atoms with van der Waals surface area (Å²) in [5.41, 5.74) is 0.977. The fraction of sp³-hybridized carbons (Fsp3) is 0.786. The number of hydrogen-bond donors (Lipinski definition) is 1. The molecule has 0 unspecified atom stereocenters. The minimum atomic E-state index is 0.766. The highest BCUT2D eigenvalue weighted by Gasteiger charge is 2.18. The molecule has 1 N–H and O–H groups in total. The zero-order valence-electron chi connectivity index (χ0n) is 12.4. The van der Waals surface area contributed by atoms with Crippen LogP contribution in [0.3, 0.4) is 0 Å². The van der Waals surface area contributed by atoms with Gasteiger partial charge in [0.1, 0.15) is 0 Å². The largest absolute Gasteiger partial charge is 0.360 e. The average molecular weight is 266 g/mol. The molecule has 1 aliphatic rings. The van der Waals surface area contributed by atoms with Crippen molar-refractivity contribution in [3.05, 3.63) is 17.5 Å². The third-order valence-electron chi connectivity index (χ3n) is 3.80. The average Bonchev–Trinajstić information content (AvgIpc) is 2.80. The summed E-state index contributed by atoms with van der Waals surface area (Å²) in [7, 11) is 6.29. The Balaban J connectivity index is 1.75. The Morgan fingerprint density at radius 1 is 1.47 bits per heavy atom. The van der Waals surface area contributed by atoms with Gasteiger partial charge in [0.15, 0.2) is 5.76 Å². The smallest absolute Gasteiger partial charge is 0.151 e. The van der Waals surface area contributed by atoms with Crippen LogP contribution in [-0.2, 0) is 13.1 Å². The van der Waals surface area contributed by atoms with Gasteiger partial charge in [-0.2, -0.15) is 0 Å². The lowest BCUT2D eigenvalue weighted by atomic mass is 9.97. The fourth-order valence-electron chi connectivity index (χ4n) is 2.71. The molecule has 5 heteroatoms. The van der Waals surface area contributed by atoms with Crippen LogP contribution in [0.1, 0.15) is 24.3 Å². The molecule has 2 rings (SSSR count). The van der Waals surface area contributed by atoms with Crippen LogP contribution in [0, 0.1) is 5.92 Å². The first-order valence-electron chi connectivity index (χ1n) is 7.13. The molecule has 19 heavy (non-hydrogen) atoms. The summed E-state index contributed by atoms with van der Waals surface area (Å²) in [4.78, 5) is 4.76. The Kier molecular flexibility index (Phi) is 5.36. The van der Waals surface area contributed by atoms with E-state index in [0.717, 1.165) is 37.0 Å². The van der Waals surface area contributed by atoms with Crippen molar-refractivity contribution in [2.24, 2.45) is 5.92 Å². The zero-order valence-corrected chi connectivity index (χ0v) is 12.4. The van der Waals surface area contributed by atoms with Gasteiger partial charge in [0.05, 0.1) is 12.2 Å². The number of hydrogen-bond acceptors (Lipinski definition) is 5. The lowest BCUT2D eigenvalue weighted by Crippen LogP contribution is -2.35. The molecule has 5 nitrogen and oxygen atoms in total. The van der Waals surface area contributed by atoms with Crippen molar-refractivity contribution in [2.45, 2.75) is 25.9 Å². The van der Waals surface area contributed by atoms with Gasteiger partial charge in [-0.1, -0.05) is 5.16 Å². The predicted octanol–water partition coefficient (Wildman–Crippen LogP) is 1.17. The molecule has 1 aliphatic heterocycles. The van der Waals surface area contributed by atoms with Gasteiger partial charge in [0.25, 0.3) is 0 Å². The highest BCUT2D eigenvalue weighted by molar-refractivity contribution is 5.04. The normalized spacial score (nSPS) is 18.3. The van der Waals surface area contributed by atoms with Crippen molar-refractivity contribution >= 4 is 0 Å². The highest BCUT2D eigenvalue weighted by atomic mass is 16.5. The zero-order chi connectivity index (χ0) is 13.7. The summed E-state index contributed by atoms with van der Waals surface area (Å²) < 4.78 is 5.35. The second-order valence-electron chi connectivity index (χ2n) is 5.76. The third kappa shape index (κ3) is 4.60. The molecule has 0 saturated carbocycles. The van der Waals surface area contributed by atoms with E-state index in [0.29, 0.717) is 0 Å². The van der Waals surface area contributed by atoms with E-state index in [1.807, 2.05) is 13.1 Å². The highest BCUT2D eigenvalue weighted by Crippen LogP contribution is 2.17. The van der Waals surface area contributed by atoms with Crippen LogP contribution in [0.25, 0.3) is 0 Å². The summed E-state index contributed by atoms with van der Waals surface area (Å²) in [6.07, 6.45) is 2.62. The maximum Gasteiger partial charge on any atom is 0.151 e. The lowest BCUT2D eigenvalue weighted by molar-refractivity contribution is 0.166. The van der Waals surface area contributed by atoms with Crippen LogP contribution in [0.15, 0.2) is 10.6 Å². The standard InChI is InChI=1S/C14H26N4O/c1-15-9-13-8-14(19-16-13)11-18(3)10-12-4-6-17(2)7-5-12/h8,12,15H,4-7,9-11H2,1-3H3. The fourth-order valence-corrected chi connectivity index (χ4v) is 2.71. The minimum absolute atomic E-state index is 0.766. The molecule has 0 amide bonds. The van der Waals surface area contributed by atoms with Crippen molar-refractivity contribution in [1.29, 1.82) is 0 Å². The summed E-state index contributed by atoms with van der Waals surface area (Å²) >= 11 is 0. The number of piperidine rings is 1. The summed E-state index contributed by atoms with van der Waals surface area (Å²) in [6, 6.07) is 2.04. The topological polar surface area (TPSA) is 44.5 Å². The van der Waals surface area contributed by atoms with Crippen molar-refractivity contribution < 1.29 is 4.52 Å². The van der Waals surface area contributed by atoms with E-state index in [1.165, 1.54) is 25.9 Å². The van der Waals surface area contributed by atoms with Gasteiger partial charge in [-0.25, -0.2) is 0 Å². The molecular weight excluding hydrogens is 240 g/mol. The first-order valence-corrected chi connectivity index (χ1v) is 7.13. The van der Waals surface area contributed by atoms with Gasteiger partial charge >= 0.3 is 0 Å². The first kappa shape index (κ1) is 14.5. The molecule has 0 spiro atoms. The number of aromatic nitrogens is 1. The van der Waals surface area contributed by atoms with E-state index in [4.69, 9.17) is 4.52 Å². The van der Waals surface area contributed by atoms with Gasteiger partial charge in [-0.05, 0) is 53.0 Å². The Morgan fingerprint density at radius 2 is 2.21 bits per heavy atom. The van der Waals surface area contributed by atoms with Crippen LogP contribution in [0.5, 0.6) is 0 Å². The Labute approximate surface area is 115 Å². The van der Waals surface area contributed by atoms with E-state index in [1.54, 1.807) is 0 Å². The number of nitrogens with one attached hydrogen (secondary N) is 1. The van der Waals surface area contributed by atoms with Gasteiger partial charge in [-0.15, -0.1) is 0 Å². The third-order valence-corrected chi connectivity index (χ3v) is 3.80. The molecule has 1 aromatic heterocycles. The van der Waals surface area contributed by atoms with E-state index < -0.39 is 0 Å². The van der Waals surface area contributed by atoms with Crippen molar-refractivity contribution in [2.75, 3.05) is 40.8 Å². The van der Waals surface area contributed by atoms with Crippen LogP contribution in [-0.4, -0.2) is 55.7 Å². The molecule has 0 radical (unpaired) electrons. The molecule has 0 aromatic carbocycles. The van der Waals surface area contributed by atoms with Crippen molar-refractivity contribution in [3.63, 3.8) is 0 Å². The molecule has 0 atom stereocenters. The van der Waals surface area contributed by atoms with Crippen molar-refractivity contribution in [1.82, 2.24) is 20.3 Å².